The Bertz CT molecular complexity index is 369. The van der Waals surface area contributed by atoms with E-state index in [1.807, 2.05) is 25.1 Å². The van der Waals surface area contributed by atoms with Crippen LogP contribution in [0.25, 0.3) is 0 Å². The molecule has 0 aliphatic heterocycles. The van der Waals surface area contributed by atoms with E-state index in [9.17, 15) is 4.79 Å². The Morgan fingerprint density at radius 3 is 2.93 bits per heavy atom. The zero-order valence-corrected chi connectivity index (χ0v) is 8.54. The molecule has 1 aliphatic rings. The Morgan fingerprint density at radius 1 is 1.43 bits per heavy atom. The Morgan fingerprint density at radius 2 is 2.21 bits per heavy atom. The predicted octanol–water partition coefficient (Wildman–Crippen LogP) is 2.14. The van der Waals surface area contributed by atoms with Crippen LogP contribution in [0.1, 0.15) is 27.9 Å². The number of Topliss-reactive ketones (excluding diaryl/α,β-unsaturated/α-hetero) is 1. The van der Waals surface area contributed by atoms with Gasteiger partial charge in [-0.05, 0) is 30.9 Å². The van der Waals surface area contributed by atoms with Crippen LogP contribution in [0.5, 0.6) is 0 Å². The quantitative estimate of drug-likeness (QED) is 0.678. The van der Waals surface area contributed by atoms with Gasteiger partial charge in [-0.15, -0.1) is 0 Å². The summed E-state index contributed by atoms with van der Waals surface area (Å²) in [6.07, 6.45) is 1.52. The van der Waals surface area contributed by atoms with Crippen LogP contribution < -0.4 is 0 Å². The Hall–Kier alpha value is -1.15. The lowest BCUT2D eigenvalue weighted by atomic mass is 9.86. The number of aryl methyl sites for hydroxylation is 2. The number of carbonyl (C=O) groups excluding carboxylic acids is 1. The largest absolute Gasteiger partial charge is 0.373 e. The van der Waals surface area contributed by atoms with Crippen LogP contribution in [0.2, 0.25) is 0 Å². The molecule has 74 valence electrons. The number of carbonyl (C=O) groups is 1. The molecule has 0 amide bonds. The molecule has 0 saturated carbocycles. The van der Waals surface area contributed by atoms with Crippen LogP contribution in [0.4, 0.5) is 0 Å². The van der Waals surface area contributed by atoms with Crippen molar-refractivity contribution in [1.29, 1.82) is 0 Å². The van der Waals surface area contributed by atoms with Crippen LogP contribution in [0.3, 0.4) is 0 Å². The number of hydrogen-bond donors (Lipinski definition) is 0. The first-order valence-corrected chi connectivity index (χ1v) is 4.89. The van der Waals surface area contributed by atoms with Gasteiger partial charge in [0, 0.05) is 12.7 Å². The normalized spacial score (nSPS) is 20.7. The monoisotopic (exact) mass is 190 g/mol. The number of hydrogen-bond acceptors (Lipinski definition) is 2. The highest BCUT2D eigenvalue weighted by molar-refractivity contribution is 6.02. The van der Waals surface area contributed by atoms with Crippen LogP contribution in [-0.4, -0.2) is 19.0 Å². The van der Waals surface area contributed by atoms with Crippen molar-refractivity contribution in [3.63, 3.8) is 0 Å². The molecule has 1 unspecified atom stereocenters. The smallest absolute Gasteiger partial charge is 0.192 e. The lowest BCUT2D eigenvalue weighted by Gasteiger charge is -2.23. The number of methoxy groups -OCH3 is 1. The molecule has 0 spiro atoms. The average Bonchev–Trinajstić information content (AvgIpc) is 2.18. The first-order chi connectivity index (χ1) is 6.74. The molecule has 14 heavy (non-hydrogen) atoms. The number of ether oxygens (including phenoxy) is 1. The minimum Gasteiger partial charge on any atom is -0.373 e. The van der Waals surface area contributed by atoms with Gasteiger partial charge in [0.2, 0.25) is 0 Å². The van der Waals surface area contributed by atoms with Crippen molar-refractivity contribution in [2.75, 3.05) is 7.11 Å². The van der Waals surface area contributed by atoms with Gasteiger partial charge in [-0.25, -0.2) is 0 Å². The standard InChI is InChI=1S/C12H14O2/c1-8-4-3-5-9-6-7-10(14-2)12(13)11(8)9/h3-5,10H,6-7H2,1-2H3. The fourth-order valence-corrected chi connectivity index (χ4v) is 2.09. The average molecular weight is 190 g/mol. The Labute approximate surface area is 83.9 Å². The maximum Gasteiger partial charge on any atom is 0.192 e. The van der Waals surface area contributed by atoms with Gasteiger partial charge in [0.1, 0.15) is 6.10 Å². The molecule has 0 N–H and O–H groups in total. The van der Waals surface area contributed by atoms with Crippen LogP contribution >= 0.6 is 0 Å². The van der Waals surface area contributed by atoms with Gasteiger partial charge in [0.25, 0.3) is 0 Å². The topological polar surface area (TPSA) is 26.3 Å². The third-order valence-corrected chi connectivity index (χ3v) is 2.86. The van der Waals surface area contributed by atoms with E-state index >= 15 is 0 Å². The molecule has 0 bridgehead atoms. The summed E-state index contributed by atoms with van der Waals surface area (Å²) in [5.41, 5.74) is 3.11. The highest BCUT2D eigenvalue weighted by Crippen LogP contribution is 2.25. The van der Waals surface area contributed by atoms with E-state index in [0.717, 1.165) is 24.0 Å². The number of fused-ring (bicyclic) bond motifs is 1. The van der Waals surface area contributed by atoms with Crippen LogP contribution in [0, 0.1) is 6.92 Å². The maximum absolute atomic E-state index is 11.9. The molecule has 1 atom stereocenters. The van der Waals surface area contributed by atoms with Crippen LogP contribution in [0.15, 0.2) is 18.2 Å². The summed E-state index contributed by atoms with van der Waals surface area (Å²) in [6.45, 7) is 1.98. The molecule has 2 heteroatoms. The van der Waals surface area contributed by atoms with Gasteiger partial charge in [-0.3, -0.25) is 4.79 Å². The lowest BCUT2D eigenvalue weighted by Crippen LogP contribution is -2.29. The lowest BCUT2D eigenvalue weighted by molar-refractivity contribution is 0.0559. The van der Waals surface area contributed by atoms with E-state index in [4.69, 9.17) is 4.74 Å². The number of ketones is 1. The minimum absolute atomic E-state index is 0.145. The third-order valence-electron chi connectivity index (χ3n) is 2.86. The van der Waals surface area contributed by atoms with Crippen molar-refractivity contribution in [2.45, 2.75) is 25.9 Å². The van der Waals surface area contributed by atoms with E-state index in [0.29, 0.717) is 0 Å². The maximum atomic E-state index is 11.9. The van der Waals surface area contributed by atoms with Crippen molar-refractivity contribution in [3.05, 3.63) is 34.9 Å². The van der Waals surface area contributed by atoms with Crippen molar-refractivity contribution >= 4 is 5.78 Å². The summed E-state index contributed by atoms with van der Waals surface area (Å²) < 4.78 is 5.17. The molecule has 0 saturated heterocycles. The van der Waals surface area contributed by atoms with E-state index in [1.54, 1.807) is 7.11 Å². The second-order valence-corrected chi connectivity index (χ2v) is 3.74. The molecular formula is C12H14O2. The van der Waals surface area contributed by atoms with Gasteiger partial charge in [0.05, 0.1) is 0 Å². The Kier molecular flexibility index (Phi) is 2.38. The first-order valence-electron chi connectivity index (χ1n) is 4.89. The molecule has 1 aromatic carbocycles. The summed E-state index contributed by atoms with van der Waals surface area (Å²) in [7, 11) is 1.60. The number of benzene rings is 1. The highest BCUT2D eigenvalue weighted by atomic mass is 16.5. The minimum atomic E-state index is -0.233. The summed E-state index contributed by atoms with van der Waals surface area (Å²) >= 11 is 0. The van der Waals surface area contributed by atoms with Gasteiger partial charge in [-0.1, -0.05) is 18.2 Å². The van der Waals surface area contributed by atoms with Crippen LogP contribution in [-0.2, 0) is 11.2 Å². The summed E-state index contributed by atoms with van der Waals surface area (Å²) in [4.78, 5) is 11.9. The molecule has 2 rings (SSSR count). The summed E-state index contributed by atoms with van der Waals surface area (Å²) in [6, 6.07) is 6.02. The molecule has 2 nitrogen and oxygen atoms in total. The highest BCUT2D eigenvalue weighted by Gasteiger charge is 2.27. The molecule has 0 aromatic heterocycles. The SMILES string of the molecule is COC1CCc2cccc(C)c2C1=O. The molecule has 1 aromatic rings. The van der Waals surface area contributed by atoms with Gasteiger partial charge in [0.15, 0.2) is 5.78 Å². The second kappa shape index (κ2) is 3.54. The molecule has 0 radical (unpaired) electrons. The predicted molar refractivity (Wildman–Crippen MR) is 54.6 cm³/mol. The van der Waals surface area contributed by atoms with E-state index in [1.165, 1.54) is 5.56 Å². The van der Waals surface area contributed by atoms with Crippen molar-refractivity contribution in [2.24, 2.45) is 0 Å². The number of rotatable bonds is 1. The van der Waals surface area contributed by atoms with Gasteiger partial charge < -0.3 is 4.74 Å². The second-order valence-electron chi connectivity index (χ2n) is 3.74. The van der Waals surface area contributed by atoms with Crippen molar-refractivity contribution in [3.8, 4) is 0 Å². The third kappa shape index (κ3) is 1.36. The molecule has 0 heterocycles. The Balaban J connectivity index is 2.48. The van der Waals surface area contributed by atoms with E-state index in [-0.39, 0.29) is 11.9 Å². The first kappa shape index (κ1) is 9.41. The fraction of sp³-hybridized carbons (Fsp3) is 0.417. The van der Waals surface area contributed by atoms with Gasteiger partial charge in [-0.2, -0.15) is 0 Å². The van der Waals surface area contributed by atoms with E-state index in [2.05, 4.69) is 0 Å². The summed E-state index contributed by atoms with van der Waals surface area (Å²) in [5.74, 6) is 0.145. The zero-order valence-electron chi connectivity index (χ0n) is 8.54. The zero-order chi connectivity index (χ0) is 10.1. The summed E-state index contributed by atoms with van der Waals surface area (Å²) in [5, 5.41) is 0. The molecule has 1 aliphatic carbocycles. The van der Waals surface area contributed by atoms with Gasteiger partial charge >= 0.3 is 0 Å². The van der Waals surface area contributed by atoms with E-state index < -0.39 is 0 Å². The van der Waals surface area contributed by atoms with Crippen molar-refractivity contribution in [1.82, 2.24) is 0 Å². The molecular weight excluding hydrogens is 176 g/mol. The van der Waals surface area contributed by atoms with Crippen molar-refractivity contribution < 1.29 is 9.53 Å². The molecule has 0 fully saturated rings. The fourth-order valence-electron chi connectivity index (χ4n) is 2.09.